The second-order valence-electron chi connectivity index (χ2n) is 5.19. The Labute approximate surface area is 134 Å². The first-order chi connectivity index (χ1) is 11.2. The highest BCUT2D eigenvalue weighted by atomic mass is 16.5. The van der Waals surface area contributed by atoms with Gasteiger partial charge in [-0.05, 0) is 46.7 Å². The second-order valence-corrected chi connectivity index (χ2v) is 5.19. The normalized spacial score (nSPS) is 11.0. The van der Waals surface area contributed by atoms with E-state index >= 15 is 0 Å². The van der Waals surface area contributed by atoms with E-state index in [1.54, 1.807) is 12.1 Å². The number of hydrogen-bond donors (Lipinski definition) is 1. The molecule has 3 aromatic rings. The molecule has 0 aliphatic heterocycles. The minimum atomic E-state index is -0.269. The van der Waals surface area contributed by atoms with Gasteiger partial charge in [0, 0.05) is 0 Å². The lowest BCUT2D eigenvalue weighted by molar-refractivity contribution is 0.104. The minimum absolute atomic E-state index is 0.0565. The first kappa shape index (κ1) is 14.9. The van der Waals surface area contributed by atoms with Gasteiger partial charge in [0.05, 0.1) is 12.7 Å². The van der Waals surface area contributed by atoms with Gasteiger partial charge < -0.3 is 9.84 Å². The molecule has 3 heteroatoms. The highest BCUT2D eigenvalue weighted by Gasteiger charge is 2.09. The zero-order valence-corrected chi connectivity index (χ0v) is 12.7. The molecule has 114 valence electrons. The number of benzene rings is 3. The Morgan fingerprint density at radius 3 is 2.57 bits per heavy atom. The predicted molar refractivity (Wildman–Crippen MR) is 92.0 cm³/mol. The summed E-state index contributed by atoms with van der Waals surface area (Å²) in [5, 5.41) is 12.1. The number of phenolic OH excluding ortho intramolecular Hbond substituents is 1. The number of phenols is 1. The molecule has 0 unspecified atom stereocenters. The maximum atomic E-state index is 12.3. The van der Waals surface area contributed by atoms with Crippen LogP contribution >= 0.6 is 0 Å². The summed E-state index contributed by atoms with van der Waals surface area (Å²) in [6.07, 6.45) is 3.20. The molecule has 0 aliphatic carbocycles. The number of carbonyl (C=O) groups is 1. The Bertz CT molecular complexity index is 894. The standard InChI is InChI=1S/C20H16O3/c1-23-17-9-11-20(22)18(13-17)19(21)10-7-14-6-8-15-4-2-3-5-16(15)12-14/h2-13,22H,1H3/b10-7+. The summed E-state index contributed by atoms with van der Waals surface area (Å²) in [6.45, 7) is 0. The molecule has 23 heavy (non-hydrogen) atoms. The molecule has 0 aliphatic rings. The second kappa shape index (κ2) is 6.36. The van der Waals surface area contributed by atoms with Crippen molar-refractivity contribution in [3.8, 4) is 11.5 Å². The minimum Gasteiger partial charge on any atom is -0.507 e. The van der Waals surface area contributed by atoms with Crippen LogP contribution in [-0.4, -0.2) is 18.0 Å². The Balaban J connectivity index is 1.87. The maximum Gasteiger partial charge on any atom is 0.189 e. The fraction of sp³-hybridized carbons (Fsp3) is 0.0500. The largest absolute Gasteiger partial charge is 0.507 e. The topological polar surface area (TPSA) is 46.5 Å². The first-order valence-electron chi connectivity index (χ1n) is 7.25. The van der Waals surface area contributed by atoms with Crippen LogP contribution in [0.1, 0.15) is 15.9 Å². The molecule has 0 aromatic heterocycles. The van der Waals surface area contributed by atoms with Gasteiger partial charge in [0.15, 0.2) is 5.78 Å². The molecule has 0 heterocycles. The predicted octanol–water partition coefficient (Wildman–Crippen LogP) is 4.45. The van der Waals surface area contributed by atoms with Crippen molar-refractivity contribution in [2.24, 2.45) is 0 Å². The monoisotopic (exact) mass is 304 g/mol. The molecule has 0 atom stereocenters. The number of allylic oxidation sites excluding steroid dienone is 1. The quantitative estimate of drug-likeness (QED) is 0.572. The fourth-order valence-electron chi connectivity index (χ4n) is 2.41. The SMILES string of the molecule is COc1ccc(O)c(C(=O)/C=C/c2ccc3ccccc3c2)c1. The van der Waals surface area contributed by atoms with E-state index in [0.717, 1.165) is 16.3 Å². The Morgan fingerprint density at radius 1 is 1.00 bits per heavy atom. The van der Waals surface area contributed by atoms with Gasteiger partial charge in [0.2, 0.25) is 0 Å². The van der Waals surface area contributed by atoms with E-state index in [2.05, 4.69) is 0 Å². The van der Waals surface area contributed by atoms with Gasteiger partial charge in [0.1, 0.15) is 11.5 Å². The smallest absolute Gasteiger partial charge is 0.189 e. The molecule has 0 bridgehead atoms. The lowest BCUT2D eigenvalue weighted by atomic mass is 10.0. The third-order valence-electron chi connectivity index (χ3n) is 3.67. The molecule has 0 spiro atoms. The van der Waals surface area contributed by atoms with Gasteiger partial charge in [-0.2, -0.15) is 0 Å². The average Bonchev–Trinajstić information content (AvgIpc) is 2.60. The van der Waals surface area contributed by atoms with Crippen LogP contribution in [0.4, 0.5) is 0 Å². The van der Waals surface area contributed by atoms with E-state index in [9.17, 15) is 9.90 Å². The molecular weight excluding hydrogens is 288 g/mol. The van der Waals surface area contributed by atoms with Crippen LogP contribution in [0.2, 0.25) is 0 Å². The van der Waals surface area contributed by atoms with Crippen LogP contribution in [0.5, 0.6) is 11.5 Å². The molecular formula is C20H16O3. The summed E-state index contributed by atoms with van der Waals surface area (Å²) >= 11 is 0. The van der Waals surface area contributed by atoms with Crippen molar-refractivity contribution < 1.29 is 14.6 Å². The van der Waals surface area contributed by atoms with E-state index in [1.807, 2.05) is 42.5 Å². The summed E-state index contributed by atoms with van der Waals surface area (Å²) in [5.41, 5.74) is 1.15. The van der Waals surface area contributed by atoms with Crippen LogP contribution in [-0.2, 0) is 0 Å². The number of ketones is 1. The number of rotatable bonds is 4. The van der Waals surface area contributed by atoms with E-state index in [0.29, 0.717) is 5.75 Å². The molecule has 0 radical (unpaired) electrons. The summed E-state index contributed by atoms with van der Waals surface area (Å²) in [7, 11) is 1.52. The van der Waals surface area contributed by atoms with Gasteiger partial charge in [0.25, 0.3) is 0 Å². The highest BCUT2D eigenvalue weighted by Crippen LogP contribution is 2.24. The van der Waals surface area contributed by atoms with Crippen LogP contribution in [0.25, 0.3) is 16.8 Å². The molecule has 3 nitrogen and oxygen atoms in total. The van der Waals surface area contributed by atoms with Crippen LogP contribution < -0.4 is 4.74 Å². The molecule has 3 aromatic carbocycles. The lowest BCUT2D eigenvalue weighted by Gasteiger charge is -2.04. The van der Waals surface area contributed by atoms with Crippen LogP contribution in [0.15, 0.2) is 66.7 Å². The van der Waals surface area contributed by atoms with Crippen molar-refractivity contribution in [1.29, 1.82) is 0 Å². The number of hydrogen-bond acceptors (Lipinski definition) is 3. The summed E-state index contributed by atoms with van der Waals surface area (Å²) in [4.78, 5) is 12.3. The zero-order valence-electron chi connectivity index (χ0n) is 12.7. The molecule has 1 N–H and O–H groups in total. The highest BCUT2D eigenvalue weighted by molar-refractivity contribution is 6.09. The summed E-state index contributed by atoms with van der Waals surface area (Å²) in [6, 6.07) is 18.6. The summed E-state index contributed by atoms with van der Waals surface area (Å²) in [5.74, 6) is 0.207. The molecule has 3 rings (SSSR count). The number of methoxy groups -OCH3 is 1. The van der Waals surface area contributed by atoms with Crippen LogP contribution in [0, 0.1) is 0 Å². The van der Waals surface area contributed by atoms with Crippen molar-refractivity contribution in [3.05, 3.63) is 77.9 Å². The molecule has 0 amide bonds. The number of aromatic hydroxyl groups is 1. The van der Waals surface area contributed by atoms with E-state index in [-0.39, 0.29) is 17.1 Å². The van der Waals surface area contributed by atoms with E-state index in [4.69, 9.17) is 4.74 Å². The Kier molecular flexibility index (Phi) is 4.11. The number of ether oxygens (including phenoxy) is 1. The molecule has 0 saturated heterocycles. The zero-order chi connectivity index (χ0) is 16.2. The van der Waals surface area contributed by atoms with Crippen molar-refractivity contribution in [1.82, 2.24) is 0 Å². The van der Waals surface area contributed by atoms with Gasteiger partial charge in [-0.1, -0.05) is 42.5 Å². The number of carbonyl (C=O) groups excluding carboxylic acids is 1. The van der Waals surface area contributed by atoms with Gasteiger partial charge in [-0.15, -0.1) is 0 Å². The fourth-order valence-corrected chi connectivity index (χ4v) is 2.41. The van der Waals surface area contributed by atoms with Crippen molar-refractivity contribution in [2.75, 3.05) is 7.11 Å². The Hall–Kier alpha value is -3.07. The molecule has 0 saturated carbocycles. The maximum absolute atomic E-state index is 12.3. The van der Waals surface area contributed by atoms with Crippen molar-refractivity contribution in [2.45, 2.75) is 0 Å². The van der Waals surface area contributed by atoms with Gasteiger partial charge >= 0.3 is 0 Å². The van der Waals surface area contributed by atoms with Gasteiger partial charge in [-0.25, -0.2) is 0 Å². The molecule has 0 fully saturated rings. The number of fused-ring (bicyclic) bond motifs is 1. The van der Waals surface area contributed by atoms with Crippen molar-refractivity contribution >= 4 is 22.6 Å². The lowest BCUT2D eigenvalue weighted by Crippen LogP contribution is -1.96. The third-order valence-corrected chi connectivity index (χ3v) is 3.67. The van der Waals surface area contributed by atoms with E-state index in [1.165, 1.54) is 25.3 Å². The van der Waals surface area contributed by atoms with Gasteiger partial charge in [-0.3, -0.25) is 4.79 Å². The first-order valence-corrected chi connectivity index (χ1v) is 7.25. The average molecular weight is 304 g/mol. The van der Waals surface area contributed by atoms with Crippen molar-refractivity contribution in [3.63, 3.8) is 0 Å². The third kappa shape index (κ3) is 3.24. The van der Waals surface area contributed by atoms with Crippen LogP contribution in [0.3, 0.4) is 0 Å². The Morgan fingerprint density at radius 2 is 1.78 bits per heavy atom. The summed E-state index contributed by atoms with van der Waals surface area (Å²) < 4.78 is 5.08. The van der Waals surface area contributed by atoms with E-state index < -0.39 is 0 Å².